The zero-order valence-corrected chi connectivity index (χ0v) is 11.7. The number of nitrogens with one attached hydrogen (secondary N) is 1. The largest absolute Gasteiger partial charge is 0.489 e. The number of hydrogen-bond donors (Lipinski definition) is 1. The van der Waals surface area contributed by atoms with Crippen molar-refractivity contribution in [2.45, 2.75) is 18.9 Å². The van der Waals surface area contributed by atoms with Crippen LogP contribution in [0, 0.1) is 0 Å². The number of nitrogens with zero attached hydrogens (tertiary/aromatic N) is 1. The standard InChI is InChI=1S/C16H18N2O3/c19-16(14-7-3-10-20-14)18-9-11-21-13-6-1-4-12-5-2-8-17-15(12)13/h1-2,4-6,8,14H,3,7,9-11H2,(H,18,19)/t14-/m0/s1. The normalized spacial score (nSPS) is 17.8. The van der Waals surface area contributed by atoms with Crippen LogP contribution in [0.5, 0.6) is 5.75 Å². The van der Waals surface area contributed by atoms with Crippen LogP contribution in [0.2, 0.25) is 0 Å². The summed E-state index contributed by atoms with van der Waals surface area (Å²) in [6, 6.07) is 9.71. The molecule has 0 bridgehead atoms. The van der Waals surface area contributed by atoms with E-state index in [1.807, 2.05) is 30.3 Å². The number of carbonyl (C=O) groups excluding carboxylic acids is 1. The molecule has 2 aromatic rings. The van der Waals surface area contributed by atoms with Gasteiger partial charge in [-0.15, -0.1) is 0 Å². The highest BCUT2D eigenvalue weighted by Gasteiger charge is 2.22. The molecule has 0 radical (unpaired) electrons. The third-order valence-electron chi connectivity index (χ3n) is 3.48. The smallest absolute Gasteiger partial charge is 0.249 e. The number of carbonyl (C=O) groups is 1. The SMILES string of the molecule is O=C(NCCOc1cccc2cccnc12)[C@@H]1CCCO1. The van der Waals surface area contributed by atoms with Crippen molar-refractivity contribution < 1.29 is 14.3 Å². The number of hydrogen-bond acceptors (Lipinski definition) is 4. The Morgan fingerprint density at radius 1 is 1.38 bits per heavy atom. The van der Waals surface area contributed by atoms with Gasteiger partial charge in [0.15, 0.2) is 0 Å². The maximum absolute atomic E-state index is 11.8. The quantitative estimate of drug-likeness (QED) is 0.853. The number of benzene rings is 1. The van der Waals surface area contributed by atoms with Gasteiger partial charge in [-0.05, 0) is 25.0 Å². The highest BCUT2D eigenvalue weighted by molar-refractivity contribution is 5.84. The molecule has 21 heavy (non-hydrogen) atoms. The maximum atomic E-state index is 11.8. The first-order chi connectivity index (χ1) is 10.3. The van der Waals surface area contributed by atoms with Gasteiger partial charge in [-0.25, -0.2) is 0 Å². The molecule has 2 heterocycles. The first-order valence-corrected chi connectivity index (χ1v) is 7.20. The van der Waals surface area contributed by atoms with E-state index in [0.29, 0.717) is 19.8 Å². The van der Waals surface area contributed by atoms with Gasteiger partial charge in [-0.1, -0.05) is 18.2 Å². The van der Waals surface area contributed by atoms with E-state index in [2.05, 4.69) is 10.3 Å². The fourth-order valence-electron chi connectivity index (χ4n) is 2.43. The number of fused-ring (bicyclic) bond motifs is 1. The molecule has 5 heteroatoms. The topological polar surface area (TPSA) is 60.5 Å². The molecule has 1 aliphatic rings. The van der Waals surface area contributed by atoms with Crippen LogP contribution in [0.4, 0.5) is 0 Å². The lowest BCUT2D eigenvalue weighted by Gasteiger charge is -2.12. The van der Waals surface area contributed by atoms with Crippen molar-refractivity contribution >= 4 is 16.8 Å². The number of ether oxygens (including phenoxy) is 2. The predicted molar refractivity (Wildman–Crippen MR) is 79.2 cm³/mol. The van der Waals surface area contributed by atoms with E-state index in [0.717, 1.165) is 29.5 Å². The Bertz CT molecular complexity index is 618. The van der Waals surface area contributed by atoms with Gasteiger partial charge >= 0.3 is 0 Å². The molecule has 1 saturated heterocycles. The van der Waals surface area contributed by atoms with Gasteiger partial charge in [-0.2, -0.15) is 0 Å². The minimum Gasteiger partial charge on any atom is -0.489 e. The van der Waals surface area contributed by atoms with E-state index < -0.39 is 0 Å². The lowest BCUT2D eigenvalue weighted by atomic mass is 10.2. The molecule has 1 atom stereocenters. The van der Waals surface area contributed by atoms with Crippen LogP contribution in [-0.4, -0.2) is 36.8 Å². The molecule has 1 aromatic carbocycles. The summed E-state index contributed by atoms with van der Waals surface area (Å²) in [6.07, 6.45) is 3.22. The minimum absolute atomic E-state index is 0.0489. The van der Waals surface area contributed by atoms with Crippen LogP contribution in [0.3, 0.4) is 0 Å². The molecule has 5 nitrogen and oxygen atoms in total. The third-order valence-corrected chi connectivity index (χ3v) is 3.48. The summed E-state index contributed by atoms with van der Waals surface area (Å²) in [6.45, 7) is 1.55. The molecule has 0 saturated carbocycles. The van der Waals surface area contributed by atoms with Gasteiger partial charge in [0.1, 0.15) is 24.0 Å². The summed E-state index contributed by atoms with van der Waals surface area (Å²) >= 11 is 0. The number of rotatable bonds is 5. The molecule has 110 valence electrons. The van der Waals surface area contributed by atoms with Crippen LogP contribution in [0.25, 0.3) is 10.9 Å². The van der Waals surface area contributed by atoms with E-state index in [9.17, 15) is 4.79 Å². The second-order valence-electron chi connectivity index (χ2n) is 4.97. The fraction of sp³-hybridized carbons (Fsp3) is 0.375. The van der Waals surface area contributed by atoms with Crippen molar-refractivity contribution in [2.75, 3.05) is 19.8 Å². The number of amides is 1. The molecule has 1 amide bonds. The van der Waals surface area contributed by atoms with Crippen molar-refractivity contribution in [2.24, 2.45) is 0 Å². The average Bonchev–Trinajstić information content (AvgIpc) is 3.06. The Hall–Kier alpha value is -2.14. The zero-order chi connectivity index (χ0) is 14.5. The van der Waals surface area contributed by atoms with E-state index in [4.69, 9.17) is 9.47 Å². The van der Waals surface area contributed by atoms with Crippen LogP contribution < -0.4 is 10.1 Å². The lowest BCUT2D eigenvalue weighted by Crippen LogP contribution is -2.36. The Kier molecular flexibility index (Phi) is 4.31. The summed E-state index contributed by atoms with van der Waals surface area (Å²) in [5.41, 5.74) is 0.838. The monoisotopic (exact) mass is 286 g/mol. The molecule has 3 rings (SSSR count). The molecule has 0 spiro atoms. The Morgan fingerprint density at radius 2 is 2.29 bits per heavy atom. The summed E-state index contributed by atoms with van der Waals surface area (Å²) < 4.78 is 11.0. The summed E-state index contributed by atoms with van der Waals surface area (Å²) in [5.74, 6) is 0.687. The number of para-hydroxylation sites is 1. The van der Waals surface area contributed by atoms with Gasteiger partial charge in [0, 0.05) is 18.2 Å². The fourth-order valence-corrected chi connectivity index (χ4v) is 2.43. The second-order valence-corrected chi connectivity index (χ2v) is 4.97. The first kappa shape index (κ1) is 13.8. The Morgan fingerprint density at radius 3 is 3.14 bits per heavy atom. The van der Waals surface area contributed by atoms with Gasteiger partial charge < -0.3 is 14.8 Å². The van der Waals surface area contributed by atoms with E-state index in [1.54, 1.807) is 6.20 Å². The third kappa shape index (κ3) is 3.31. The van der Waals surface area contributed by atoms with E-state index >= 15 is 0 Å². The first-order valence-electron chi connectivity index (χ1n) is 7.20. The summed E-state index contributed by atoms with van der Waals surface area (Å²) in [7, 11) is 0. The Balaban J connectivity index is 1.51. The molecule has 1 aliphatic heterocycles. The van der Waals surface area contributed by atoms with Crippen LogP contribution in [0.15, 0.2) is 36.5 Å². The van der Waals surface area contributed by atoms with Gasteiger partial charge in [-0.3, -0.25) is 9.78 Å². The Labute approximate surface area is 123 Å². The van der Waals surface area contributed by atoms with Crippen molar-refractivity contribution in [3.8, 4) is 5.75 Å². The molecule has 0 unspecified atom stereocenters. The predicted octanol–water partition coefficient (Wildman–Crippen LogP) is 1.91. The zero-order valence-electron chi connectivity index (χ0n) is 11.7. The molecule has 0 aliphatic carbocycles. The van der Waals surface area contributed by atoms with Crippen molar-refractivity contribution in [3.05, 3.63) is 36.5 Å². The van der Waals surface area contributed by atoms with Crippen molar-refractivity contribution in [3.63, 3.8) is 0 Å². The summed E-state index contributed by atoms with van der Waals surface area (Å²) in [5, 5.41) is 3.87. The molecule has 1 aromatic heterocycles. The van der Waals surface area contributed by atoms with E-state index in [1.165, 1.54) is 0 Å². The minimum atomic E-state index is -0.288. The van der Waals surface area contributed by atoms with Gasteiger partial charge in [0.05, 0.1) is 6.54 Å². The lowest BCUT2D eigenvalue weighted by molar-refractivity contribution is -0.130. The van der Waals surface area contributed by atoms with Crippen molar-refractivity contribution in [1.29, 1.82) is 0 Å². The molecule has 1 fully saturated rings. The maximum Gasteiger partial charge on any atom is 0.249 e. The molecule has 1 N–H and O–H groups in total. The highest BCUT2D eigenvalue weighted by atomic mass is 16.5. The second kappa shape index (κ2) is 6.54. The molecular formula is C16H18N2O3. The number of pyridine rings is 1. The van der Waals surface area contributed by atoms with Crippen LogP contribution in [-0.2, 0) is 9.53 Å². The van der Waals surface area contributed by atoms with Crippen LogP contribution in [0.1, 0.15) is 12.8 Å². The van der Waals surface area contributed by atoms with Crippen LogP contribution >= 0.6 is 0 Å². The average molecular weight is 286 g/mol. The summed E-state index contributed by atoms with van der Waals surface area (Å²) in [4.78, 5) is 16.1. The van der Waals surface area contributed by atoms with E-state index in [-0.39, 0.29) is 12.0 Å². The van der Waals surface area contributed by atoms with Gasteiger partial charge in [0.25, 0.3) is 0 Å². The molecular weight excluding hydrogens is 268 g/mol. The van der Waals surface area contributed by atoms with Crippen molar-refractivity contribution in [1.82, 2.24) is 10.3 Å². The highest BCUT2D eigenvalue weighted by Crippen LogP contribution is 2.22. The number of aromatic nitrogens is 1. The van der Waals surface area contributed by atoms with Gasteiger partial charge in [0.2, 0.25) is 5.91 Å².